The SMILES string of the molecule is CCCNS(=O)(=O)c1ccc(/C=C\c2onc(C)c2NC(=O)CC)cc1. The molecule has 0 radical (unpaired) electrons. The molecule has 1 aromatic carbocycles. The summed E-state index contributed by atoms with van der Waals surface area (Å²) in [6, 6.07) is 6.49. The van der Waals surface area contributed by atoms with Gasteiger partial charge in [-0.25, -0.2) is 13.1 Å². The average molecular weight is 377 g/mol. The molecule has 0 fully saturated rings. The second kappa shape index (κ2) is 8.77. The fourth-order valence-electron chi connectivity index (χ4n) is 2.13. The van der Waals surface area contributed by atoms with Crippen molar-refractivity contribution in [3.63, 3.8) is 0 Å². The van der Waals surface area contributed by atoms with Crippen molar-refractivity contribution >= 4 is 33.8 Å². The van der Waals surface area contributed by atoms with Crippen LogP contribution in [0, 0.1) is 6.92 Å². The van der Waals surface area contributed by atoms with Gasteiger partial charge in [-0.3, -0.25) is 4.79 Å². The fourth-order valence-corrected chi connectivity index (χ4v) is 3.26. The Kier molecular flexibility index (Phi) is 6.70. The molecule has 0 saturated carbocycles. The molecule has 0 bridgehead atoms. The molecule has 2 aromatic rings. The Morgan fingerprint density at radius 2 is 1.88 bits per heavy atom. The highest BCUT2D eigenvalue weighted by atomic mass is 32.2. The van der Waals surface area contributed by atoms with E-state index < -0.39 is 10.0 Å². The largest absolute Gasteiger partial charge is 0.354 e. The Morgan fingerprint density at radius 1 is 1.19 bits per heavy atom. The molecule has 0 saturated heterocycles. The number of aryl methyl sites for hydroxylation is 1. The first-order valence-corrected chi connectivity index (χ1v) is 9.89. The minimum atomic E-state index is -3.48. The normalized spacial score (nSPS) is 11.8. The molecule has 1 aromatic heterocycles. The molecule has 26 heavy (non-hydrogen) atoms. The Hall–Kier alpha value is -2.45. The van der Waals surface area contributed by atoms with Gasteiger partial charge in [0.1, 0.15) is 11.4 Å². The van der Waals surface area contributed by atoms with Crippen LogP contribution < -0.4 is 10.0 Å². The number of amides is 1. The number of hydrogen-bond acceptors (Lipinski definition) is 5. The highest BCUT2D eigenvalue weighted by Crippen LogP contribution is 2.23. The van der Waals surface area contributed by atoms with Crippen LogP contribution in [0.3, 0.4) is 0 Å². The summed E-state index contributed by atoms with van der Waals surface area (Å²) < 4.78 is 31.9. The van der Waals surface area contributed by atoms with Gasteiger partial charge in [0.25, 0.3) is 0 Å². The van der Waals surface area contributed by atoms with E-state index in [1.54, 1.807) is 50.3 Å². The lowest BCUT2D eigenvalue weighted by molar-refractivity contribution is -0.115. The van der Waals surface area contributed by atoms with Gasteiger partial charge in [0, 0.05) is 13.0 Å². The van der Waals surface area contributed by atoms with E-state index in [9.17, 15) is 13.2 Å². The molecule has 2 rings (SSSR count). The molecule has 0 spiro atoms. The minimum Gasteiger partial charge on any atom is -0.354 e. The van der Waals surface area contributed by atoms with Crippen molar-refractivity contribution in [2.75, 3.05) is 11.9 Å². The number of hydrogen-bond donors (Lipinski definition) is 2. The summed E-state index contributed by atoms with van der Waals surface area (Å²) in [5.41, 5.74) is 1.92. The van der Waals surface area contributed by atoms with Crippen molar-refractivity contribution in [2.24, 2.45) is 0 Å². The minimum absolute atomic E-state index is 0.125. The number of nitrogens with one attached hydrogen (secondary N) is 2. The van der Waals surface area contributed by atoms with Crippen molar-refractivity contribution in [2.45, 2.75) is 38.5 Å². The van der Waals surface area contributed by atoms with Crippen LogP contribution in [-0.2, 0) is 14.8 Å². The van der Waals surface area contributed by atoms with E-state index in [0.29, 0.717) is 30.1 Å². The second-order valence-corrected chi connectivity index (χ2v) is 7.48. The zero-order chi connectivity index (χ0) is 19.2. The standard InChI is InChI=1S/C18H23N3O4S/c1-4-12-19-26(23,24)15-9-6-14(7-10-15)8-11-16-18(13(3)21-25-16)20-17(22)5-2/h6-11,19H,4-5,12H2,1-3H3,(H,20,22)/b11-8-. The third-order valence-electron chi connectivity index (χ3n) is 3.63. The van der Waals surface area contributed by atoms with Gasteiger partial charge in [0.2, 0.25) is 15.9 Å². The lowest BCUT2D eigenvalue weighted by Gasteiger charge is -2.05. The molecule has 7 nitrogen and oxygen atoms in total. The van der Waals surface area contributed by atoms with Gasteiger partial charge < -0.3 is 9.84 Å². The number of carbonyl (C=O) groups is 1. The molecule has 0 aliphatic heterocycles. The van der Waals surface area contributed by atoms with Crippen LogP contribution in [0.15, 0.2) is 33.7 Å². The van der Waals surface area contributed by atoms with Gasteiger partial charge in [0.05, 0.1) is 4.90 Å². The number of benzene rings is 1. The molecule has 0 aliphatic carbocycles. The number of aromatic nitrogens is 1. The van der Waals surface area contributed by atoms with Gasteiger partial charge in [-0.15, -0.1) is 0 Å². The summed E-state index contributed by atoms with van der Waals surface area (Å²) in [6.07, 6.45) is 4.53. The summed E-state index contributed by atoms with van der Waals surface area (Å²) in [5.74, 6) is 0.311. The van der Waals surface area contributed by atoms with E-state index in [-0.39, 0.29) is 10.8 Å². The molecule has 0 aliphatic rings. The Labute approximate surface area is 153 Å². The molecule has 0 atom stereocenters. The van der Waals surface area contributed by atoms with Crippen molar-refractivity contribution in [3.05, 3.63) is 41.3 Å². The first-order valence-electron chi connectivity index (χ1n) is 8.41. The summed E-state index contributed by atoms with van der Waals surface area (Å²) in [7, 11) is -3.48. The Balaban J connectivity index is 2.16. The van der Waals surface area contributed by atoms with Crippen LogP contribution in [0.4, 0.5) is 5.69 Å². The van der Waals surface area contributed by atoms with Gasteiger partial charge in [0.15, 0.2) is 5.76 Å². The zero-order valence-electron chi connectivity index (χ0n) is 15.1. The monoisotopic (exact) mass is 377 g/mol. The summed E-state index contributed by atoms with van der Waals surface area (Å²) in [5, 5.41) is 6.62. The van der Waals surface area contributed by atoms with Gasteiger partial charge >= 0.3 is 0 Å². The highest BCUT2D eigenvalue weighted by molar-refractivity contribution is 7.89. The first kappa shape index (κ1) is 19.9. The van der Waals surface area contributed by atoms with Crippen LogP contribution in [-0.4, -0.2) is 26.0 Å². The highest BCUT2D eigenvalue weighted by Gasteiger charge is 2.14. The Bertz CT molecular complexity index is 884. The molecule has 8 heteroatoms. The topological polar surface area (TPSA) is 101 Å². The number of carbonyl (C=O) groups excluding carboxylic acids is 1. The van der Waals surface area contributed by atoms with E-state index in [1.807, 2.05) is 6.92 Å². The predicted octanol–water partition coefficient (Wildman–Crippen LogP) is 3.19. The van der Waals surface area contributed by atoms with E-state index in [1.165, 1.54) is 0 Å². The van der Waals surface area contributed by atoms with Gasteiger partial charge in [-0.1, -0.05) is 37.2 Å². The molecule has 2 N–H and O–H groups in total. The third kappa shape index (κ3) is 5.03. The zero-order valence-corrected chi connectivity index (χ0v) is 15.9. The Morgan fingerprint density at radius 3 is 2.50 bits per heavy atom. The molecular weight excluding hydrogens is 354 g/mol. The van der Waals surface area contributed by atoms with Crippen LogP contribution in [0.25, 0.3) is 12.2 Å². The van der Waals surface area contributed by atoms with Crippen LogP contribution in [0.5, 0.6) is 0 Å². The molecular formula is C18H23N3O4S. The maximum Gasteiger partial charge on any atom is 0.240 e. The predicted molar refractivity (Wildman–Crippen MR) is 101 cm³/mol. The lowest BCUT2D eigenvalue weighted by atomic mass is 10.2. The third-order valence-corrected chi connectivity index (χ3v) is 5.11. The van der Waals surface area contributed by atoms with Crippen LogP contribution in [0.1, 0.15) is 43.7 Å². The number of nitrogens with zero attached hydrogens (tertiary/aromatic N) is 1. The van der Waals surface area contributed by atoms with Gasteiger partial charge in [-0.05, 0) is 37.1 Å². The smallest absolute Gasteiger partial charge is 0.240 e. The maximum absolute atomic E-state index is 12.1. The first-order chi connectivity index (χ1) is 12.4. The molecule has 1 heterocycles. The van der Waals surface area contributed by atoms with Crippen molar-refractivity contribution in [1.29, 1.82) is 0 Å². The van der Waals surface area contributed by atoms with Crippen molar-refractivity contribution < 1.29 is 17.7 Å². The van der Waals surface area contributed by atoms with E-state index in [2.05, 4.69) is 15.2 Å². The quantitative estimate of drug-likeness (QED) is 0.736. The van der Waals surface area contributed by atoms with E-state index in [4.69, 9.17) is 4.52 Å². The fraction of sp³-hybridized carbons (Fsp3) is 0.333. The number of rotatable bonds is 8. The van der Waals surface area contributed by atoms with Gasteiger partial charge in [-0.2, -0.15) is 0 Å². The van der Waals surface area contributed by atoms with Crippen molar-refractivity contribution in [3.8, 4) is 0 Å². The van der Waals surface area contributed by atoms with Crippen LogP contribution in [0.2, 0.25) is 0 Å². The van der Waals surface area contributed by atoms with E-state index in [0.717, 1.165) is 12.0 Å². The molecule has 1 amide bonds. The maximum atomic E-state index is 12.1. The van der Waals surface area contributed by atoms with Crippen molar-refractivity contribution in [1.82, 2.24) is 9.88 Å². The summed E-state index contributed by atoms with van der Waals surface area (Å²) in [4.78, 5) is 11.8. The summed E-state index contributed by atoms with van der Waals surface area (Å²) in [6.45, 7) is 5.81. The average Bonchev–Trinajstić information content (AvgIpc) is 2.98. The molecule has 140 valence electrons. The van der Waals surface area contributed by atoms with E-state index >= 15 is 0 Å². The van der Waals surface area contributed by atoms with Crippen LogP contribution >= 0.6 is 0 Å². The number of anilines is 1. The second-order valence-electron chi connectivity index (χ2n) is 5.71. The lowest BCUT2D eigenvalue weighted by Crippen LogP contribution is -2.24. The molecule has 0 unspecified atom stereocenters. The summed E-state index contributed by atoms with van der Waals surface area (Å²) >= 11 is 0. The number of sulfonamides is 1.